The summed E-state index contributed by atoms with van der Waals surface area (Å²) >= 11 is 0. The minimum absolute atomic E-state index is 0.222. The molecule has 3 fully saturated rings. The van der Waals surface area contributed by atoms with Gasteiger partial charge < -0.3 is 5.11 Å². The van der Waals surface area contributed by atoms with Gasteiger partial charge >= 0.3 is 0 Å². The number of fused-ring (bicyclic) bond motifs is 5. The standard InChI is InChI=1S/C22H32O2/c1-3-4-5-15-7-9-19-18-8-6-16-14-17(23)10-13-22(16,24)20(18)11-12-21(15,19)2/h5,14,18-20,24H,3-4,6-13H2,1-2H3/t18?,19?,20?,21-,22-/m1/s1. The van der Waals surface area contributed by atoms with Crippen molar-refractivity contribution in [2.75, 3.05) is 0 Å². The van der Waals surface area contributed by atoms with Gasteiger partial charge in [-0.25, -0.2) is 0 Å². The second kappa shape index (κ2) is 5.83. The maximum atomic E-state index is 11.8. The van der Waals surface area contributed by atoms with Gasteiger partial charge in [0.15, 0.2) is 5.78 Å². The highest BCUT2D eigenvalue weighted by Gasteiger charge is 2.58. The molecule has 0 amide bonds. The fraction of sp³-hybridized carbons (Fsp3) is 0.773. The molecule has 0 saturated heterocycles. The van der Waals surface area contributed by atoms with Crippen molar-refractivity contribution in [3.8, 4) is 0 Å². The highest BCUT2D eigenvalue weighted by atomic mass is 16.3. The van der Waals surface area contributed by atoms with Crippen LogP contribution in [0, 0.1) is 23.2 Å². The Bertz CT molecular complexity index is 601. The van der Waals surface area contributed by atoms with Gasteiger partial charge in [0.25, 0.3) is 0 Å². The normalized spacial score (nSPS) is 46.3. The molecule has 0 aromatic carbocycles. The SMILES string of the molecule is CCCC=C1CCC2C3CCC4=CC(=O)CC[C@]4(O)C3CC[C@]12C. The smallest absolute Gasteiger partial charge is 0.155 e. The first kappa shape index (κ1) is 16.6. The van der Waals surface area contributed by atoms with E-state index in [-0.39, 0.29) is 5.78 Å². The average molecular weight is 328 g/mol. The minimum atomic E-state index is -0.673. The van der Waals surface area contributed by atoms with Crippen LogP contribution in [-0.4, -0.2) is 16.5 Å². The Morgan fingerprint density at radius 1 is 1.17 bits per heavy atom. The molecule has 3 saturated carbocycles. The molecule has 0 heterocycles. The third kappa shape index (κ3) is 2.29. The average Bonchev–Trinajstić information content (AvgIpc) is 2.90. The van der Waals surface area contributed by atoms with Gasteiger partial charge in [-0.2, -0.15) is 0 Å². The van der Waals surface area contributed by atoms with E-state index in [2.05, 4.69) is 19.9 Å². The van der Waals surface area contributed by atoms with Crippen LogP contribution in [0.1, 0.15) is 78.1 Å². The van der Waals surface area contributed by atoms with Crippen molar-refractivity contribution in [2.24, 2.45) is 23.2 Å². The molecule has 3 unspecified atom stereocenters. The topological polar surface area (TPSA) is 37.3 Å². The van der Waals surface area contributed by atoms with Crippen molar-refractivity contribution in [1.82, 2.24) is 0 Å². The summed E-state index contributed by atoms with van der Waals surface area (Å²) in [6, 6.07) is 0. The summed E-state index contributed by atoms with van der Waals surface area (Å²) in [5.41, 5.74) is 2.47. The lowest BCUT2D eigenvalue weighted by Crippen LogP contribution is -2.54. The van der Waals surface area contributed by atoms with Crippen LogP contribution < -0.4 is 0 Å². The van der Waals surface area contributed by atoms with Crippen LogP contribution in [0.25, 0.3) is 0 Å². The van der Waals surface area contributed by atoms with Gasteiger partial charge in [0.05, 0.1) is 5.60 Å². The van der Waals surface area contributed by atoms with E-state index in [0.717, 1.165) is 24.3 Å². The highest BCUT2D eigenvalue weighted by Crippen LogP contribution is 2.64. The Morgan fingerprint density at radius 2 is 2.00 bits per heavy atom. The van der Waals surface area contributed by atoms with Crippen molar-refractivity contribution >= 4 is 5.78 Å². The molecule has 4 aliphatic rings. The van der Waals surface area contributed by atoms with Gasteiger partial charge in [-0.15, -0.1) is 0 Å². The molecular formula is C22H32O2. The zero-order valence-electron chi connectivity index (χ0n) is 15.3. The lowest BCUT2D eigenvalue weighted by Gasteiger charge is -2.56. The van der Waals surface area contributed by atoms with Gasteiger partial charge in [-0.3, -0.25) is 4.79 Å². The molecule has 2 nitrogen and oxygen atoms in total. The number of hydrogen-bond donors (Lipinski definition) is 1. The van der Waals surface area contributed by atoms with Gasteiger partial charge in [0.2, 0.25) is 0 Å². The molecule has 0 bridgehead atoms. The lowest BCUT2D eigenvalue weighted by atomic mass is 9.50. The van der Waals surface area contributed by atoms with Gasteiger partial charge in [-0.1, -0.05) is 31.9 Å². The largest absolute Gasteiger partial charge is 0.385 e. The fourth-order valence-electron chi connectivity index (χ4n) is 6.68. The van der Waals surface area contributed by atoms with Crippen LogP contribution in [-0.2, 0) is 4.79 Å². The van der Waals surface area contributed by atoms with Gasteiger partial charge in [-0.05, 0) is 86.2 Å². The number of rotatable bonds is 2. The number of unbranched alkanes of at least 4 members (excludes halogenated alkanes) is 1. The van der Waals surface area contributed by atoms with Crippen LogP contribution in [0.2, 0.25) is 0 Å². The zero-order chi connectivity index (χ0) is 16.9. The summed E-state index contributed by atoms with van der Waals surface area (Å²) in [5, 5.41) is 11.5. The first-order valence-corrected chi connectivity index (χ1v) is 10.1. The number of hydrogen-bond acceptors (Lipinski definition) is 2. The zero-order valence-corrected chi connectivity index (χ0v) is 15.3. The minimum Gasteiger partial charge on any atom is -0.385 e. The second-order valence-corrected chi connectivity index (χ2v) is 8.99. The van der Waals surface area contributed by atoms with Crippen molar-refractivity contribution in [3.05, 3.63) is 23.3 Å². The van der Waals surface area contributed by atoms with Crippen LogP contribution >= 0.6 is 0 Å². The van der Waals surface area contributed by atoms with Crippen molar-refractivity contribution in [1.29, 1.82) is 0 Å². The Labute approximate surface area is 146 Å². The van der Waals surface area contributed by atoms with E-state index >= 15 is 0 Å². The molecule has 0 aliphatic heterocycles. The molecule has 4 aliphatic carbocycles. The van der Waals surface area contributed by atoms with Gasteiger partial charge in [0, 0.05) is 6.42 Å². The lowest BCUT2D eigenvalue weighted by molar-refractivity contribution is -0.123. The predicted molar refractivity (Wildman–Crippen MR) is 96.5 cm³/mol. The summed E-state index contributed by atoms with van der Waals surface area (Å²) in [7, 11) is 0. The monoisotopic (exact) mass is 328 g/mol. The molecule has 4 rings (SSSR count). The molecule has 1 N–H and O–H groups in total. The molecule has 2 heteroatoms. The third-order valence-corrected chi connectivity index (χ3v) is 7.97. The molecular weight excluding hydrogens is 296 g/mol. The molecule has 0 spiro atoms. The van der Waals surface area contributed by atoms with E-state index in [4.69, 9.17) is 0 Å². The van der Waals surface area contributed by atoms with E-state index in [1.807, 2.05) is 0 Å². The number of carbonyl (C=O) groups excluding carboxylic acids is 1. The number of aliphatic hydroxyl groups is 1. The Kier molecular flexibility index (Phi) is 4.03. The van der Waals surface area contributed by atoms with Crippen molar-refractivity contribution < 1.29 is 9.90 Å². The second-order valence-electron chi connectivity index (χ2n) is 8.99. The van der Waals surface area contributed by atoms with E-state index in [9.17, 15) is 9.90 Å². The van der Waals surface area contributed by atoms with E-state index in [1.54, 1.807) is 11.6 Å². The molecule has 0 aromatic rings. The van der Waals surface area contributed by atoms with E-state index in [0.29, 0.717) is 30.1 Å². The van der Waals surface area contributed by atoms with Crippen LogP contribution in [0.3, 0.4) is 0 Å². The number of ketones is 1. The third-order valence-electron chi connectivity index (χ3n) is 7.97. The first-order valence-electron chi connectivity index (χ1n) is 10.1. The van der Waals surface area contributed by atoms with E-state index in [1.165, 1.54) is 38.5 Å². The highest BCUT2D eigenvalue weighted by molar-refractivity contribution is 5.92. The summed E-state index contributed by atoms with van der Waals surface area (Å²) in [4.78, 5) is 11.8. The Balaban J connectivity index is 1.63. The molecule has 0 radical (unpaired) electrons. The molecule has 132 valence electrons. The quantitative estimate of drug-likeness (QED) is 0.727. The fourth-order valence-corrected chi connectivity index (χ4v) is 6.68. The molecule has 24 heavy (non-hydrogen) atoms. The first-order chi connectivity index (χ1) is 11.5. The van der Waals surface area contributed by atoms with Crippen molar-refractivity contribution in [3.63, 3.8) is 0 Å². The number of allylic oxidation sites excluding steroid dienone is 2. The van der Waals surface area contributed by atoms with Gasteiger partial charge in [0.1, 0.15) is 0 Å². The summed E-state index contributed by atoms with van der Waals surface area (Å²) in [5.74, 6) is 1.99. The number of carbonyl (C=O) groups is 1. The Morgan fingerprint density at radius 3 is 2.79 bits per heavy atom. The van der Waals surface area contributed by atoms with Crippen LogP contribution in [0.4, 0.5) is 0 Å². The predicted octanol–water partition coefficient (Wildman–Crippen LogP) is 4.97. The summed E-state index contributed by atoms with van der Waals surface area (Å²) < 4.78 is 0. The maximum absolute atomic E-state index is 11.8. The molecule has 0 aromatic heterocycles. The van der Waals surface area contributed by atoms with Crippen molar-refractivity contribution in [2.45, 2.75) is 83.7 Å². The maximum Gasteiger partial charge on any atom is 0.155 e. The van der Waals surface area contributed by atoms with Crippen LogP contribution in [0.15, 0.2) is 23.3 Å². The Hall–Kier alpha value is -0.890. The van der Waals surface area contributed by atoms with Crippen LogP contribution in [0.5, 0.6) is 0 Å². The summed E-state index contributed by atoms with van der Waals surface area (Å²) in [6.07, 6.45) is 15.0. The summed E-state index contributed by atoms with van der Waals surface area (Å²) in [6.45, 7) is 4.76. The molecule has 5 atom stereocenters. The van der Waals surface area contributed by atoms with E-state index < -0.39 is 5.60 Å².